The molecule has 3 aromatic carbocycles. The number of hydrogen-bond donors (Lipinski definition) is 0. The molecule has 1 heterocycles. The third-order valence-electron chi connectivity index (χ3n) is 5.54. The number of fused-ring (bicyclic) bond motifs is 1. The summed E-state index contributed by atoms with van der Waals surface area (Å²) >= 11 is 10.1. The molecule has 0 radical (unpaired) electrons. The minimum Gasteiger partial charge on any atom is -0.323 e. The average Bonchev–Trinajstić information content (AvgIpc) is 3.06. The maximum atomic E-state index is 6.48. The third kappa shape index (κ3) is 4.48. The molecule has 4 aromatic rings. The summed E-state index contributed by atoms with van der Waals surface area (Å²) in [5, 5.41) is 0.785. The van der Waals surface area contributed by atoms with Gasteiger partial charge >= 0.3 is 0 Å². The largest absolute Gasteiger partial charge is 0.323 e. The molecule has 0 saturated carbocycles. The first-order valence-corrected chi connectivity index (χ1v) is 11.6. The summed E-state index contributed by atoms with van der Waals surface area (Å²) in [6, 6.07) is 23.3. The van der Waals surface area contributed by atoms with Crippen molar-refractivity contribution in [2.24, 2.45) is 5.92 Å². The standard InChI is InChI=1S/C26H26BrClN2/c1-17(2)14-19-8-10-20(11-9-19)18(3)26-29-24-15-22(27)12-13-25(24)30(26)16-21-6-4-5-7-23(21)28/h4-13,15,17-18H,14,16H2,1-3H3. The lowest BCUT2D eigenvalue weighted by molar-refractivity contribution is 0.646. The van der Waals surface area contributed by atoms with Crippen LogP contribution < -0.4 is 0 Å². The number of benzene rings is 3. The Morgan fingerprint density at radius 1 is 0.967 bits per heavy atom. The van der Waals surface area contributed by atoms with E-state index in [1.807, 2.05) is 18.2 Å². The number of halogens is 2. The number of imidazole rings is 1. The first-order valence-electron chi connectivity index (χ1n) is 10.4. The second-order valence-electron chi connectivity index (χ2n) is 8.34. The van der Waals surface area contributed by atoms with E-state index in [-0.39, 0.29) is 5.92 Å². The van der Waals surface area contributed by atoms with Crippen molar-refractivity contribution in [3.05, 3.63) is 98.7 Å². The summed E-state index contributed by atoms with van der Waals surface area (Å²) in [4.78, 5) is 5.04. The van der Waals surface area contributed by atoms with Gasteiger partial charge in [-0.3, -0.25) is 0 Å². The topological polar surface area (TPSA) is 17.8 Å². The van der Waals surface area contributed by atoms with Crippen molar-refractivity contribution < 1.29 is 0 Å². The van der Waals surface area contributed by atoms with Crippen molar-refractivity contribution >= 4 is 38.6 Å². The molecule has 0 aliphatic rings. The molecular weight excluding hydrogens is 456 g/mol. The second kappa shape index (κ2) is 8.95. The lowest BCUT2D eigenvalue weighted by Gasteiger charge is -2.17. The highest BCUT2D eigenvalue weighted by Gasteiger charge is 2.19. The molecule has 0 aliphatic heterocycles. The zero-order valence-corrected chi connectivity index (χ0v) is 19.9. The quantitative estimate of drug-likeness (QED) is 0.274. The molecule has 0 saturated heterocycles. The SMILES string of the molecule is CC(C)Cc1ccc(C(C)c2nc3cc(Br)ccc3n2Cc2ccccc2Cl)cc1. The van der Waals surface area contributed by atoms with E-state index in [2.05, 4.69) is 89.8 Å². The van der Waals surface area contributed by atoms with E-state index in [0.717, 1.165) is 38.3 Å². The van der Waals surface area contributed by atoms with Crippen LogP contribution in [-0.2, 0) is 13.0 Å². The molecule has 0 fully saturated rings. The second-order valence-corrected chi connectivity index (χ2v) is 9.66. The fourth-order valence-electron chi connectivity index (χ4n) is 3.98. The first-order chi connectivity index (χ1) is 14.4. The van der Waals surface area contributed by atoms with Gasteiger partial charge in [-0.25, -0.2) is 4.98 Å². The van der Waals surface area contributed by atoms with Gasteiger partial charge in [-0.2, -0.15) is 0 Å². The van der Waals surface area contributed by atoms with E-state index >= 15 is 0 Å². The lowest BCUT2D eigenvalue weighted by Crippen LogP contribution is -2.10. The van der Waals surface area contributed by atoms with Gasteiger partial charge in [-0.15, -0.1) is 0 Å². The summed E-state index contributed by atoms with van der Waals surface area (Å²) in [5.74, 6) is 1.89. The molecule has 1 atom stereocenters. The van der Waals surface area contributed by atoms with E-state index in [9.17, 15) is 0 Å². The van der Waals surface area contributed by atoms with E-state index in [4.69, 9.17) is 16.6 Å². The predicted molar refractivity (Wildman–Crippen MR) is 130 cm³/mol. The first kappa shape index (κ1) is 21.1. The van der Waals surface area contributed by atoms with Gasteiger partial charge in [0.25, 0.3) is 0 Å². The van der Waals surface area contributed by atoms with Gasteiger partial charge in [-0.1, -0.05) is 90.8 Å². The molecular formula is C26H26BrClN2. The van der Waals surface area contributed by atoms with Crippen LogP contribution in [0.15, 0.2) is 71.2 Å². The minimum absolute atomic E-state index is 0.173. The summed E-state index contributed by atoms with van der Waals surface area (Å²) in [7, 11) is 0. The van der Waals surface area contributed by atoms with Crippen molar-refractivity contribution in [1.82, 2.24) is 9.55 Å². The van der Waals surface area contributed by atoms with E-state index < -0.39 is 0 Å². The summed E-state index contributed by atoms with van der Waals surface area (Å²) in [5.41, 5.74) is 5.87. The van der Waals surface area contributed by atoms with Crippen molar-refractivity contribution in [2.45, 2.75) is 39.7 Å². The van der Waals surface area contributed by atoms with Crippen LogP contribution in [0.2, 0.25) is 5.02 Å². The maximum Gasteiger partial charge on any atom is 0.117 e. The molecule has 154 valence electrons. The van der Waals surface area contributed by atoms with Crippen LogP contribution in [-0.4, -0.2) is 9.55 Å². The summed E-state index contributed by atoms with van der Waals surface area (Å²) in [6.07, 6.45) is 1.10. The number of rotatable bonds is 6. The fourth-order valence-corrected chi connectivity index (χ4v) is 4.52. The number of hydrogen-bond acceptors (Lipinski definition) is 1. The average molecular weight is 482 g/mol. The highest BCUT2D eigenvalue weighted by molar-refractivity contribution is 9.10. The van der Waals surface area contributed by atoms with Crippen molar-refractivity contribution in [3.8, 4) is 0 Å². The highest BCUT2D eigenvalue weighted by atomic mass is 79.9. The molecule has 4 rings (SSSR count). The number of nitrogens with zero attached hydrogens (tertiary/aromatic N) is 2. The van der Waals surface area contributed by atoms with E-state index in [1.165, 1.54) is 11.1 Å². The molecule has 0 N–H and O–H groups in total. The normalized spacial score (nSPS) is 12.6. The fraction of sp³-hybridized carbons (Fsp3) is 0.269. The van der Waals surface area contributed by atoms with Crippen LogP contribution in [0.5, 0.6) is 0 Å². The maximum absolute atomic E-state index is 6.48. The van der Waals surface area contributed by atoms with Crippen molar-refractivity contribution in [3.63, 3.8) is 0 Å². The smallest absolute Gasteiger partial charge is 0.117 e. The molecule has 2 nitrogen and oxygen atoms in total. The van der Waals surface area contributed by atoms with Crippen LogP contribution in [0.25, 0.3) is 11.0 Å². The van der Waals surface area contributed by atoms with Gasteiger partial charge < -0.3 is 4.57 Å². The van der Waals surface area contributed by atoms with Crippen molar-refractivity contribution in [1.29, 1.82) is 0 Å². The van der Waals surface area contributed by atoms with Crippen LogP contribution in [0.1, 0.15) is 49.2 Å². The number of aromatic nitrogens is 2. The molecule has 30 heavy (non-hydrogen) atoms. The molecule has 0 amide bonds. The molecule has 0 aliphatic carbocycles. The lowest BCUT2D eigenvalue weighted by atomic mass is 9.96. The third-order valence-corrected chi connectivity index (χ3v) is 6.40. The minimum atomic E-state index is 0.173. The Balaban J connectivity index is 1.76. The van der Waals surface area contributed by atoms with Gasteiger partial charge in [-0.05, 0) is 53.3 Å². The molecule has 1 unspecified atom stereocenters. The Hall–Kier alpha value is -2.10. The Labute approximate surface area is 192 Å². The highest BCUT2D eigenvalue weighted by Crippen LogP contribution is 2.31. The van der Waals surface area contributed by atoms with Gasteiger partial charge in [0.15, 0.2) is 0 Å². The van der Waals surface area contributed by atoms with Crippen LogP contribution in [0.4, 0.5) is 0 Å². The van der Waals surface area contributed by atoms with Crippen LogP contribution in [0, 0.1) is 5.92 Å². The monoisotopic (exact) mass is 480 g/mol. The molecule has 0 spiro atoms. The predicted octanol–water partition coefficient (Wildman–Crippen LogP) is 7.85. The van der Waals surface area contributed by atoms with Crippen LogP contribution in [0.3, 0.4) is 0 Å². The Bertz CT molecular complexity index is 1160. The van der Waals surface area contributed by atoms with E-state index in [1.54, 1.807) is 0 Å². The van der Waals surface area contributed by atoms with Gasteiger partial charge in [0.2, 0.25) is 0 Å². The van der Waals surface area contributed by atoms with Gasteiger partial charge in [0.05, 0.1) is 17.6 Å². The summed E-state index contributed by atoms with van der Waals surface area (Å²) < 4.78 is 3.34. The molecule has 1 aromatic heterocycles. The molecule has 0 bridgehead atoms. The zero-order chi connectivity index (χ0) is 21.3. The molecule has 4 heteroatoms. The summed E-state index contributed by atoms with van der Waals surface area (Å²) in [6.45, 7) is 7.44. The van der Waals surface area contributed by atoms with Gasteiger partial charge in [0.1, 0.15) is 5.82 Å². The Kier molecular flexibility index (Phi) is 6.31. The van der Waals surface area contributed by atoms with Gasteiger partial charge in [0, 0.05) is 15.4 Å². The Morgan fingerprint density at radius 2 is 1.70 bits per heavy atom. The van der Waals surface area contributed by atoms with Crippen LogP contribution >= 0.6 is 27.5 Å². The van der Waals surface area contributed by atoms with Crippen molar-refractivity contribution in [2.75, 3.05) is 0 Å². The van der Waals surface area contributed by atoms with E-state index in [0.29, 0.717) is 12.5 Å². The Morgan fingerprint density at radius 3 is 2.40 bits per heavy atom. The zero-order valence-electron chi connectivity index (χ0n) is 17.6.